The standard InChI is InChI=1S/C11H21N3/c1-4-9(2)7-14-8-11(6-13-14)5-10(3)12/h6,8-10H,4-5,7,12H2,1-3H3. The lowest BCUT2D eigenvalue weighted by atomic mass is 10.1. The Morgan fingerprint density at radius 2 is 2.21 bits per heavy atom. The van der Waals surface area contributed by atoms with Crippen LogP contribution in [0.3, 0.4) is 0 Å². The van der Waals surface area contributed by atoms with E-state index in [1.165, 1.54) is 12.0 Å². The van der Waals surface area contributed by atoms with Crippen LogP contribution in [0.15, 0.2) is 12.4 Å². The monoisotopic (exact) mass is 195 g/mol. The Kier molecular flexibility index (Phi) is 4.14. The summed E-state index contributed by atoms with van der Waals surface area (Å²) in [5, 5.41) is 4.32. The minimum absolute atomic E-state index is 0.219. The van der Waals surface area contributed by atoms with Crippen LogP contribution in [0.4, 0.5) is 0 Å². The van der Waals surface area contributed by atoms with Crippen molar-refractivity contribution in [3.63, 3.8) is 0 Å². The number of hydrogen-bond donors (Lipinski definition) is 1. The van der Waals surface area contributed by atoms with Crippen molar-refractivity contribution < 1.29 is 0 Å². The first-order chi connectivity index (χ1) is 6.61. The van der Waals surface area contributed by atoms with Gasteiger partial charge in [-0.05, 0) is 24.8 Å². The summed E-state index contributed by atoms with van der Waals surface area (Å²) in [5.74, 6) is 0.693. The maximum Gasteiger partial charge on any atom is 0.0522 e. The number of hydrogen-bond acceptors (Lipinski definition) is 2. The molecule has 2 N–H and O–H groups in total. The van der Waals surface area contributed by atoms with Crippen molar-refractivity contribution >= 4 is 0 Å². The van der Waals surface area contributed by atoms with Crippen LogP contribution in [0.5, 0.6) is 0 Å². The van der Waals surface area contributed by atoms with E-state index in [-0.39, 0.29) is 6.04 Å². The highest BCUT2D eigenvalue weighted by Gasteiger charge is 2.04. The first kappa shape index (κ1) is 11.2. The highest BCUT2D eigenvalue weighted by atomic mass is 15.3. The van der Waals surface area contributed by atoms with Crippen LogP contribution >= 0.6 is 0 Å². The Bertz CT molecular complexity index is 265. The maximum atomic E-state index is 5.72. The average Bonchev–Trinajstić information content (AvgIpc) is 2.51. The quantitative estimate of drug-likeness (QED) is 0.779. The zero-order chi connectivity index (χ0) is 10.6. The van der Waals surface area contributed by atoms with E-state index in [1.54, 1.807) is 0 Å². The first-order valence-electron chi connectivity index (χ1n) is 5.38. The SMILES string of the molecule is CCC(C)Cn1cc(CC(C)N)cn1. The second-order valence-corrected chi connectivity index (χ2v) is 4.27. The van der Waals surface area contributed by atoms with Crippen molar-refractivity contribution in [2.24, 2.45) is 11.7 Å². The van der Waals surface area contributed by atoms with E-state index in [2.05, 4.69) is 25.1 Å². The van der Waals surface area contributed by atoms with Crippen LogP contribution in [0, 0.1) is 5.92 Å². The normalized spacial score (nSPS) is 15.4. The van der Waals surface area contributed by atoms with Gasteiger partial charge in [-0.25, -0.2) is 0 Å². The fraction of sp³-hybridized carbons (Fsp3) is 0.727. The molecule has 80 valence electrons. The predicted octanol–water partition coefficient (Wildman–Crippen LogP) is 1.82. The number of nitrogens with zero attached hydrogens (tertiary/aromatic N) is 2. The van der Waals surface area contributed by atoms with E-state index >= 15 is 0 Å². The van der Waals surface area contributed by atoms with Crippen LogP contribution < -0.4 is 5.73 Å². The van der Waals surface area contributed by atoms with E-state index in [0.717, 1.165) is 13.0 Å². The fourth-order valence-electron chi connectivity index (χ4n) is 1.43. The second-order valence-electron chi connectivity index (χ2n) is 4.27. The Morgan fingerprint density at radius 3 is 2.79 bits per heavy atom. The topological polar surface area (TPSA) is 43.8 Å². The van der Waals surface area contributed by atoms with Crippen LogP contribution in [0.2, 0.25) is 0 Å². The van der Waals surface area contributed by atoms with Crippen molar-refractivity contribution in [2.45, 2.75) is 46.2 Å². The minimum Gasteiger partial charge on any atom is -0.328 e. The second kappa shape index (κ2) is 5.15. The van der Waals surface area contributed by atoms with E-state index in [4.69, 9.17) is 5.73 Å². The molecule has 2 atom stereocenters. The lowest BCUT2D eigenvalue weighted by Gasteiger charge is -2.07. The number of aromatic nitrogens is 2. The van der Waals surface area contributed by atoms with E-state index < -0.39 is 0 Å². The van der Waals surface area contributed by atoms with Crippen molar-refractivity contribution in [3.8, 4) is 0 Å². The molecule has 0 aliphatic heterocycles. The predicted molar refractivity (Wildman–Crippen MR) is 59.0 cm³/mol. The van der Waals surface area contributed by atoms with Crippen LogP contribution in [0.1, 0.15) is 32.8 Å². The van der Waals surface area contributed by atoms with Gasteiger partial charge in [0.15, 0.2) is 0 Å². The van der Waals surface area contributed by atoms with E-state index in [9.17, 15) is 0 Å². The summed E-state index contributed by atoms with van der Waals surface area (Å²) in [6.07, 6.45) is 6.14. The smallest absolute Gasteiger partial charge is 0.0522 e. The number of nitrogens with two attached hydrogens (primary N) is 1. The molecule has 14 heavy (non-hydrogen) atoms. The van der Waals surface area contributed by atoms with Gasteiger partial charge in [-0.15, -0.1) is 0 Å². The molecule has 0 spiro atoms. The van der Waals surface area contributed by atoms with Gasteiger partial charge in [0.25, 0.3) is 0 Å². The van der Waals surface area contributed by atoms with Gasteiger partial charge in [0.2, 0.25) is 0 Å². The largest absolute Gasteiger partial charge is 0.328 e. The Hall–Kier alpha value is -0.830. The molecule has 0 aromatic carbocycles. The molecule has 0 aliphatic rings. The molecule has 1 heterocycles. The fourth-order valence-corrected chi connectivity index (χ4v) is 1.43. The van der Waals surface area contributed by atoms with Crippen molar-refractivity contribution in [1.29, 1.82) is 0 Å². The van der Waals surface area contributed by atoms with Crippen molar-refractivity contribution in [3.05, 3.63) is 18.0 Å². The van der Waals surface area contributed by atoms with Crippen molar-refractivity contribution in [1.82, 2.24) is 9.78 Å². The average molecular weight is 195 g/mol. The summed E-state index contributed by atoms with van der Waals surface area (Å²) >= 11 is 0. The molecule has 0 fully saturated rings. The molecule has 1 rings (SSSR count). The molecular weight excluding hydrogens is 174 g/mol. The zero-order valence-electron chi connectivity index (χ0n) is 9.40. The summed E-state index contributed by atoms with van der Waals surface area (Å²) in [6, 6.07) is 0.219. The Labute approximate surface area is 86.3 Å². The molecule has 0 amide bonds. The highest BCUT2D eigenvalue weighted by molar-refractivity contribution is 5.05. The van der Waals surface area contributed by atoms with Crippen LogP contribution in [-0.4, -0.2) is 15.8 Å². The van der Waals surface area contributed by atoms with Gasteiger partial charge in [-0.2, -0.15) is 5.10 Å². The van der Waals surface area contributed by atoms with E-state index in [1.807, 2.05) is 17.8 Å². The molecule has 0 saturated carbocycles. The maximum absolute atomic E-state index is 5.72. The third-order valence-corrected chi connectivity index (χ3v) is 2.44. The van der Waals surface area contributed by atoms with Crippen LogP contribution in [-0.2, 0) is 13.0 Å². The zero-order valence-corrected chi connectivity index (χ0v) is 9.40. The lowest BCUT2D eigenvalue weighted by Crippen LogP contribution is -2.17. The van der Waals surface area contributed by atoms with Crippen LogP contribution in [0.25, 0.3) is 0 Å². The van der Waals surface area contributed by atoms with Gasteiger partial charge in [-0.1, -0.05) is 20.3 Å². The molecule has 0 bridgehead atoms. The third-order valence-electron chi connectivity index (χ3n) is 2.44. The van der Waals surface area contributed by atoms with Gasteiger partial charge >= 0.3 is 0 Å². The molecule has 1 aromatic heterocycles. The Morgan fingerprint density at radius 1 is 1.50 bits per heavy atom. The van der Waals surface area contributed by atoms with Gasteiger partial charge < -0.3 is 5.73 Å². The van der Waals surface area contributed by atoms with Crippen molar-refractivity contribution in [2.75, 3.05) is 0 Å². The molecule has 0 saturated heterocycles. The summed E-state index contributed by atoms with van der Waals surface area (Å²) in [4.78, 5) is 0. The Balaban J connectivity index is 2.50. The molecule has 3 nitrogen and oxygen atoms in total. The highest BCUT2D eigenvalue weighted by Crippen LogP contribution is 2.06. The molecule has 1 aromatic rings. The summed E-state index contributed by atoms with van der Waals surface area (Å²) in [7, 11) is 0. The van der Waals surface area contributed by atoms with Gasteiger partial charge in [0, 0.05) is 18.8 Å². The molecule has 0 aliphatic carbocycles. The molecule has 0 radical (unpaired) electrons. The minimum atomic E-state index is 0.219. The van der Waals surface area contributed by atoms with Gasteiger partial charge in [-0.3, -0.25) is 4.68 Å². The summed E-state index contributed by atoms with van der Waals surface area (Å²) in [6.45, 7) is 7.48. The third kappa shape index (κ3) is 3.50. The number of rotatable bonds is 5. The molecule has 2 unspecified atom stereocenters. The molecular formula is C11H21N3. The lowest BCUT2D eigenvalue weighted by molar-refractivity contribution is 0.439. The van der Waals surface area contributed by atoms with Gasteiger partial charge in [0.05, 0.1) is 6.20 Å². The van der Waals surface area contributed by atoms with E-state index in [0.29, 0.717) is 5.92 Å². The summed E-state index contributed by atoms with van der Waals surface area (Å²) in [5.41, 5.74) is 6.96. The summed E-state index contributed by atoms with van der Waals surface area (Å²) < 4.78 is 2.02. The first-order valence-corrected chi connectivity index (χ1v) is 5.38. The molecule has 3 heteroatoms. The van der Waals surface area contributed by atoms with Gasteiger partial charge in [0.1, 0.15) is 0 Å².